The van der Waals surface area contributed by atoms with Gasteiger partial charge in [-0.1, -0.05) is 26.0 Å². The normalized spacial score (nSPS) is 13.7. The highest BCUT2D eigenvalue weighted by Crippen LogP contribution is 2.26. The summed E-state index contributed by atoms with van der Waals surface area (Å²) in [6, 6.07) is 6.97. The predicted octanol–water partition coefficient (Wildman–Crippen LogP) is 4.36. The van der Waals surface area contributed by atoms with Gasteiger partial charge in [0.25, 0.3) is 0 Å². The third kappa shape index (κ3) is 7.05. The van der Waals surface area contributed by atoms with Crippen molar-refractivity contribution in [1.29, 1.82) is 0 Å². The molecule has 0 aliphatic heterocycles. The Balaban J connectivity index is 2.70. The molecule has 120 valence electrons. The van der Waals surface area contributed by atoms with Gasteiger partial charge in [-0.15, -0.1) is 0 Å². The van der Waals surface area contributed by atoms with Gasteiger partial charge in [0.2, 0.25) is 0 Å². The molecule has 0 amide bonds. The van der Waals surface area contributed by atoms with Crippen molar-refractivity contribution in [2.75, 3.05) is 20.2 Å². The molecule has 1 aromatic rings. The van der Waals surface area contributed by atoms with Crippen molar-refractivity contribution in [2.24, 2.45) is 5.92 Å². The number of halogens is 1. The van der Waals surface area contributed by atoms with E-state index < -0.39 is 0 Å². The van der Waals surface area contributed by atoms with Gasteiger partial charge in [-0.2, -0.15) is 0 Å². The Morgan fingerprint density at radius 3 is 2.52 bits per heavy atom. The molecule has 1 aromatic carbocycles. The van der Waals surface area contributed by atoms with Crippen LogP contribution < -0.4 is 5.32 Å². The van der Waals surface area contributed by atoms with Crippen LogP contribution in [0.25, 0.3) is 0 Å². The van der Waals surface area contributed by atoms with Crippen LogP contribution in [0, 0.1) is 11.7 Å². The second-order valence-corrected chi connectivity index (χ2v) is 6.81. The average molecular weight is 295 g/mol. The summed E-state index contributed by atoms with van der Waals surface area (Å²) >= 11 is 0. The molecule has 0 spiro atoms. The molecule has 1 unspecified atom stereocenters. The van der Waals surface area contributed by atoms with Crippen LogP contribution in [0.3, 0.4) is 0 Å². The fraction of sp³-hybridized carbons (Fsp3) is 0.667. The monoisotopic (exact) mass is 295 g/mol. The molecular formula is C18H30FNO. The van der Waals surface area contributed by atoms with Gasteiger partial charge in [-0.25, -0.2) is 4.39 Å². The molecule has 21 heavy (non-hydrogen) atoms. The number of rotatable bonds is 9. The maximum atomic E-state index is 13.5. The van der Waals surface area contributed by atoms with Gasteiger partial charge in [0.1, 0.15) is 5.82 Å². The second-order valence-electron chi connectivity index (χ2n) is 6.81. The highest BCUT2D eigenvalue weighted by molar-refractivity contribution is 5.21. The van der Waals surface area contributed by atoms with Gasteiger partial charge in [0.15, 0.2) is 0 Å². The summed E-state index contributed by atoms with van der Waals surface area (Å²) in [5, 5.41) is 3.49. The Morgan fingerprint density at radius 2 is 1.95 bits per heavy atom. The summed E-state index contributed by atoms with van der Waals surface area (Å²) in [4.78, 5) is 0. The van der Waals surface area contributed by atoms with E-state index in [4.69, 9.17) is 4.74 Å². The molecule has 0 radical (unpaired) electrons. The third-order valence-corrected chi connectivity index (χ3v) is 3.91. The van der Waals surface area contributed by atoms with Crippen molar-refractivity contribution in [3.05, 3.63) is 35.6 Å². The van der Waals surface area contributed by atoms with Crippen LogP contribution in [0.1, 0.15) is 52.0 Å². The third-order valence-electron chi connectivity index (χ3n) is 3.91. The lowest BCUT2D eigenvalue weighted by Gasteiger charge is -2.26. The van der Waals surface area contributed by atoms with Crippen LogP contribution in [0.5, 0.6) is 0 Å². The van der Waals surface area contributed by atoms with E-state index in [-0.39, 0.29) is 11.4 Å². The van der Waals surface area contributed by atoms with Gasteiger partial charge in [-0.3, -0.25) is 0 Å². The summed E-state index contributed by atoms with van der Waals surface area (Å²) in [6.07, 6.45) is 1.93. The van der Waals surface area contributed by atoms with Crippen molar-refractivity contribution in [2.45, 2.75) is 52.1 Å². The Kier molecular flexibility index (Phi) is 7.33. The molecular weight excluding hydrogens is 265 g/mol. The Labute approximate surface area is 129 Å². The number of nitrogens with one attached hydrogen (secondary N) is 1. The zero-order valence-electron chi connectivity index (χ0n) is 14.1. The first-order valence-electron chi connectivity index (χ1n) is 7.85. The molecule has 0 aliphatic carbocycles. The van der Waals surface area contributed by atoms with Crippen molar-refractivity contribution in [1.82, 2.24) is 5.32 Å². The van der Waals surface area contributed by atoms with Crippen LogP contribution in [-0.4, -0.2) is 25.8 Å². The molecule has 0 fully saturated rings. The predicted molar refractivity (Wildman–Crippen MR) is 87.2 cm³/mol. The minimum Gasteiger partial charge on any atom is -0.379 e. The fourth-order valence-electron chi connectivity index (χ4n) is 2.32. The topological polar surface area (TPSA) is 21.3 Å². The van der Waals surface area contributed by atoms with Gasteiger partial charge in [0, 0.05) is 13.7 Å². The second kappa shape index (κ2) is 8.50. The zero-order chi connectivity index (χ0) is 15.9. The van der Waals surface area contributed by atoms with E-state index >= 15 is 0 Å². The molecule has 1 atom stereocenters. The van der Waals surface area contributed by atoms with E-state index in [1.54, 1.807) is 19.2 Å². The smallest absolute Gasteiger partial charge is 0.123 e. The van der Waals surface area contributed by atoms with E-state index in [1.165, 1.54) is 6.07 Å². The molecule has 0 heterocycles. The first-order valence-corrected chi connectivity index (χ1v) is 7.85. The first-order chi connectivity index (χ1) is 9.84. The van der Waals surface area contributed by atoms with Crippen LogP contribution >= 0.6 is 0 Å². The van der Waals surface area contributed by atoms with E-state index in [0.717, 1.165) is 31.5 Å². The minimum atomic E-state index is -0.160. The Morgan fingerprint density at radius 1 is 1.24 bits per heavy atom. The van der Waals surface area contributed by atoms with Gasteiger partial charge < -0.3 is 10.1 Å². The molecule has 3 heteroatoms. The highest BCUT2D eigenvalue weighted by Gasteiger charge is 2.20. The number of benzene rings is 1. The van der Waals surface area contributed by atoms with Crippen molar-refractivity contribution < 1.29 is 9.13 Å². The highest BCUT2D eigenvalue weighted by atomic mass is 19.1. The van der Waals surface area contributed by atoms with Crippen molar-refractivity contribution in [3.8, 4) is 0 Å². The van der Waals surface area contributed by atoms with Crippen LogP contribution in [0.4, 0.5) is 4.39 Å². The molecule has 2 nitrogen and oxygen atoms in total. The molecule has 1 N–H and O–H groups in total. The summed E-state index contributed by atoms with van der Waals surface area (Å²) in [6.45, 7) is 10.4. The zero-order valence-corrected chi connectivity index (χ0v) is 14.1. The van der Waals surface area contributed by atoms with Crippen molar-refractivity contribution in [3.63, 3.8) is 0 Å². The molecule has 0 aliphatic rings. The molecule has 0 bridgehead atoms. The lowest BCUT2D eigenvalue weighted by molar-refractivity contribution is 0.0124. The number of ether oxygens (including phenoxy) is 1. The van der Waals surface area contributed by atoms with Gasteiger partial charge >= 0.3 is 0 Å². The minimum absolute atomic E-state index is 0.135. The van der Waals surface area contributed by atoms with E-state index in [1.807, 2.05) is 6.07 Å². The van der Waals surface area contributed by atoms with E-state index in [9.17, 15) is 4.39 Å². The lowest BCUT2D eigenvalue weighted by atomic mass is 9.89. The lowest BCUT2D eigenvalue weighted by Crippen LogP contribution is -2.28. The van der Waals surface area contributed by atoms with E-state index in [0.29, 0.717) is 11.8 Å². The van der Waals surface area contributed by atoms with E-state index in [2.05, 4.69) is 33.0 Å². The SMILES string of the molecule is COC(C)(C)CCC(CNCC(C)C)c1cccc(F)c1. The number of hydrogen-bond acceptors (Lipinski definition) is 2. The largest absolute Gasteiger partial charge is 0.379 e. The summed E-state index contributed by atoms with van der Waals surface area (Å²) in [5.41, 5.74) is 0.932. The van der Waals surface area contributed by atoms with Crippen molar-refractivity contribution >= 4 is 0 Å². The molecule has 0 saturated heterocycles. The fourth-order valence-corrected chi connectivity index (χ4v) is 2.32. The quantitative estimate of drug-likeness (QED) is 0.731. The number of hydrogen-bond donors (Lipinski definition) is 1. The standard InChI is InChI=1S/C18H30FNO/c1-14(2)12-20-13-16(9-10-18(3,4)21-5)15-7-6-8-17(19)11-15/h6-8,11,14,16,20H,9-10,12-13H2,1-5H3. The number of methoxy groups -OCH3 is 1. The average Bonchev–Trinajstić information content (AvgIpc) is 2.42. The maximum absolute atomic E-state index is 13.5. The van der Waals surface area contributed by atoms with Crippen LogP contribution in [0.2, 0.25) is 0 Å². The molecule has 0 aromatic heterocycles. The Bertz CT molecular complexity index is 417. The first kappa shape index (κ1) is 18.1. The summed E-state index contributed by atoms with van der Waals surface area (Å²) in [7, 11) is 1.74. The van der Waals surface area contributed by atoms with Gasteiger partial charge in [0.05, 0.1) is 5.60 Å². The maximum Gasteiger partial charge on any atom is 0.123 e. The molecule has 1 rings (SSSR count). The Hall–Kier alpha value is -0.930. The molecule has 0 saturated carbocycles. The summed E-state index contributed by atoms with van der Waals surface area (Å²) in [5.74, 6) is 0.773. The van der Waals surface area contributed by atoms with Crippen LogP contribution in [-0.2, 0) is 4.74 Å². The van der Waals surface area contributed by atoms with Crippen LogP contribution in [0.15, 0.2) is 24.3 Å². The summed E-state index contributed by atoms with van der Waals surface area (Å²) < 4.78 is 19.0. The van der Waals surface area contributed by atoms with Gasteiger partial charge in [-0.05, 0) is 62.8 Å².